The van der Waals surface area contributed by atoms with Gasteiger partial charge in [0, 0.05) is 34.9 Å². The number of methoxy groups -OCH3 is 1. The summed E-state index contributed by atoms with van der Waals surface area (Å²) < 4.78 is 10.3. The standard InChI is InChI=1S/C29H28N4O5/c1-3-38-23(34)14-32-29(36)31-12-15-4-9-22-20(10-15)25-21-13-30-28(35)26(21)24-18-8-6-17(37-2)11-16(18)5-7-19(24)27(25)33-22/h4,6,8-11,33H,3,5,7,12-14H2,1-2H3,(H,30,35)(H2,31,32,36). The highest BCUT2D eigenvalue weighted by Gasteiger charge is 2.33. The van der Waals surface area contributed by atoms with Crippen LogP contribution in [0.25, 0.3) is 32.9 Å². The van der Waals surface area contributed by atoms with E-state index in [-0.39, 0.29) is 25.6 Å². The Morgan fingerprint density at radius 2 is 1.89 bits per heavy atom. The lowest BCUT2D eigenvalue weighted by atomic mass is 9.80. The molecule has 194 valence electrons. The van der Waals surface area contributed by atoms with Crippen molar-refractivity contribution in [2.24, 2.45) is 0 Å². The first-order valence-corrected chi connectivity index (χ1v) is 12.7. The number of aryl methyl sites for hydroxylation is 2. The molecule has 3 aromatic carbocycles. The van der Waals surface area contributed by atoms with E-state index in [1.165, 1.54) is 5.56 Å². The molecule has 1 aliphatic heterocycles. The Labute approximate surface area is 218 Å². The van der Waals surface area contributed by atoms with Gasteiger partial charge in [-0.2, -0.15) is 0 Å². The van der Waals surface area contributed by atoms with Gasteiger partial charge in [0.1, 0.15) is 12.3 Å². The van der Waals surface area contributed by atoms with Crippen molar-refractivity contribution in [2.75, 3.05) is 20.3 Å². The molecule has 0 spiro atoms. The van der Waals surface area contributed by atoms with Gasteiger partial charge in [0.05, 0.1) is 24.8 Å². The van der Waals surface area contributed by atoms with Crippen LogP contribution in [-0.4, -0.2) is 43.2 Å². The minimum atomic E-state index is -0.482. The van der Waals surface area contributed by atoms with E-state index in [2.05, 4.69) is 39.1 Å². The van der Waals surface area contributed by atoms with Gasteiger partial charge in [0.2, 0.25) is 0 Å². The van der Waals surface area contributed by atoms with E-state index in [9.17, 15) is 14.4 Å². The lowest BCUT2D eigenvalue weighted by molar-refractivity contribution is -0.141. The van der Waals surface area contributed by atoms with Crippen molar-refractivity contribution >= 4 is 39.7 Å². The van der Waals surface area contributed by atoms with Crippen molar-refractivity contribution in [2.45, 2.75) is 32.9 Å². The smallest absolute Gasteiger partial charge is 0.325 e. The number of esters is 1. The molecule has 0 saturated carbocycles. The zero-order valence-electron chi connectivity index (χ0n) is 21.2. The number of fused-ring (bicyclic) bond motifs is 10. The third-order valence-electron chi connectivity index (χ3n) is 7.35. The number of ether oxygens (including phenoxy) is 2. The number of aromatic nitrogens is 1. The number of hydrogen-bond acceptors (Lipinski definition) is 5. The fourth-order valence-electron chi connectivity index (χ4n) is 5.69. The van der Waals surface area contributed by atoms with Crippen LogP contribution in [0, 0.1) is 0 Å². The Bertz CT molecular complexity index is 1640. The van der Waals surface area contributed by atoms with Crippen LogP contribution in [0.5, 0.6) is 5.75 Å². The zero-order chi connectivity index (χ0) is 26.4. The molecular formula is C29H28N4O5. The van der Waals surface area contributed by atoms with Gasteiger partial charge in [-0.1, -0.05) is 12.1 Å². The molecule has 0 radical (unpaired) electrons. The number of carbonyl (C=O) groups excluding carboxylic acids is 3. The molecule has 2 heterocycles. The molecule has 0 fully saturated rings. The Morgan fingerprint density at radius 1 is 1.03 bits per heavy atom. The zero-order valence-corrected chi connectivity index (χ0v) is 21.2. The third kappa shape index (κ3) is 3.91. The monoisotopic (exact) mass is 512 g/mol. The van der Waals surface area contributed by atoms with Crippen LogP contribution in [-0.2, 0) is 35.5 Å². The SMILES string of the molecule is CCOC(=O)CNC(=O)NCc1ccc2[nH]c3c4c(c5c(c3c2c1)CNC5=O)-c1ccc(OC)cc1CC4. The van der Waals surface area contributed by atoms with Crippen molar-refractivity contribution in [3.8, 4) is 16.9 Å². The summed E-state index contributed by atoms with van der Waals surface area (Å²) in [6.07, 6.45) is 1.68. The van der Waals surface area contributed by atoms with Gasteiger partial charge < -0.3 is 30.4 Å². The number of aromatic amines is 1. The molecule has 2 aliphatic rings. The van der Waals surface area contributed by atoms with E-state index in [1.54, 1.807) is 14.0 Å². The van der Waals surface area contributed by atoms with Crippen molar-refractivity contribution < 1.29 is 23.9 Å². The van der Waals surface area contributed by atoms with E-state index < -0.39 is 12.0 Å². The van der Waals surface area contributed by atoms with E-state index in [0.717, 1.165) is 73.8 Å². The van der Waals surface area contributed by atoms with E-state index in [4.69, 9.17) is 9.47 Å². The molecule has 0 saturated heterocycles. The minimum Gasteiger partial charge on any atom is -0.497 e. The predicted molar refractivity (Wildman–Crippen MR) is 143 cm³/mol. The second-order valence-corrected chi connectivity index (χ2v) is 9.51. The summed E-state index contributed by atoms with van der Waals surface area (Å²) in [7, 11) is 1.66. The maximum absolute atomic E-state index is 13.1. The van der Waals surface area contributed by atoms with Crippen LogP contribution in [0.4, 0.5) is 4.79 Å². The molecule has 3 amide bonds. The van der Waals surface area contributed by atoms with Gasteiger partial charge in [-0.25, -0.2) is 4.79 Å². The van der Waals surface area contributed by atoms with Crippen LogP contribution in [0.2, 0.25) is 0 Å². The summed E-state index contributed by atoms with van der Waals surface area (Å²) in [5.41, 5.74) is 9.13. The van der Waals surface area contributed by atoms with Gasteiger partial charge in [0.15, 0.2) is 0 Å². The van der Waals surface area contributed by atoms with Crippen LogP contribution < -0.4 is 20.7 Å². The normalized spacial score (nSPS) is 13.5. The van der Waals surface area contributed by atoms with Gasteiger partial charge in [0.25, 0.3) is 5.91 Å². The molecule has 1 aliphatic carbocycles. The number of carbonyl (C=O) groups is 3. The molecule has 38 heavy (non-hydrogen) atoms. The largest absolute Gasteiger partial charge is 0.497 e. The average molecular weight is 513 g/mol. The second-order valence-electron chi connectivity index (χ2n) is 9.51. The number of benzene rings is 3. The maximum Gasteiger partial charge on any atom is 0.325 e. The topological polar surface area (TPSA) is 122 Å². The Hall–Kier alpha value is -4.53. The van der Waals surface area contributed by atoms with Gasteiger partial charge in [-0.15, -0.1) is 0 Å². The predicted octanol–water partition coefficient (Wildman–Crippen LogP) is 3.70. The van der Waals surface area contributed by atoms with Crippen molar-refractivity contribution in [1.82, 2.24) is 20.9 Å². The summed E-state index contributed by atoms with van der Waals surface area (Å²) in [5.74, 6) is 0.285. The molecule has 0 bridgehead atoms. The fraction of sp³-hybridized carbons (Fsp3) is 0.276. The molecule has 0 unspecified atom stereocenters. The molecule has 6 rings (SSSR count). The summed E-state index contributed by atoms with van der Waals surface area (Å²) >= 11 is 0. The molecular weight excluding hydrogens is 484 g/mol. The van der Waals surface area contributed by atoms with Crippen molar-refractivity contribution in [3.63, 3.8) is 0 Å². The van der Waals surface area contributed by atoms with Crippen molar-refractivity contribution in [3.05, 3.63) is 64.2 Å². The number of urea groups is 1. The summed E-state index contributed by atoms with van der Waals surface area (Å²) in [5, 5.41) is 10.4. The Balaban J connectivity index is 1.39. The summed E-state index contributed by atoms with van der Waals surface area (Å²) in [6, 6.07) is 11.6. The van der Waals surface area contributed by atoms with Crippen LogP contribution in [0.15, 0.2) is 36.4 Å². The lowest BCUT2D eigenvalue weighted by Crippen LogP contribution is -2.38. The van der Waals surface area contributed by atoms with Gasteiger partial charge in [-0.05, 0) is 71.8 Å². The number of rotatable bonds is 6. The Kier molecular flexibility index (Phi) is 5.90. The first-order valence-electron chi connectivity index (χ1n) is 12.7. The fourth-order valence-corrected chi connectivity index (χ4v) is 5.69. The molecule has 1 aromatic heterocycles. The second kappa shape index (κ2) is 9.41. The number of nitrogens with one attached hydrogen (secondary N) is 4. The van der Waals surface area contributed by atoms with Crippen LogP contribution in [0.1, 0.15) is 39.5 Å². The third-order valence-corrected chi connectivity index (χ3v) is 7.35. The average Bonchev–Trinajstić information content (AvgIpc) is 3.50. The lowest BCUT2D eigenvalue weighted by Gasteiger charge is -2.23. The summed E-state index contributed by atoms with van der Waals surface area (Å²) in [4.78, 5) is 40.4. The van der Waals surface area contributed by atoms with Crippen molar-refractivity contribution in [1.29, 1.82) is 0 Å². The first kappa shape index (κ1) is 23.8. The highest BCUT2D eigenvalue weighted by molar-refractivity contribution is 6.19. The Morgan fingerprint density at radius 3 is 2.71 bits per heavy atom. The quantitative estimate of drug-likeness (QED) is 0.294. The van der Waals surface area contributed by atoms with Crippen LogP contribution in [0.3, 0.4) is 0 Å². The van der Waals surface area contributed by atoms with Gasteiger partial charge >= 0.3 is 12.0 Å². The molecule has 9 nitrogen and oxygen atoms in total. The molecule has 4 N–H and O–H groups in total. The van der Waals surface area contributed by atoms with E-state index >= 15 is 0 Å². The van der Waals surface area contributed by atoms with Crippen LogP contribution >= 0.6 is 0 Å². The van der Waals surface area contributed by atoms with Gasteiger partial charge in [-0.3, -0.25) is 9.59 Å². The number of hydrogen-bond donors (Lipinski definition) is 4. The molecule has 4 aromatic rings. The van der Waals surface area contributed by atoms with E-state index in [1.807, 2.05) is 18.2 Å². The maximum atomic E-state index is 13.1. The highest BCUT2D eigenvalue weighted by atomic mass is 16.5. The number of amides is 3. The minimum absolute atomic E-state index is 0.0488. The molecule has 9 heteroatoms. The van der Waals surface area contributed by atoms with E-state index in [0.29, 0.717) is 6.54 Å². The molecule has 0 atom stereocenters. The number of H-pyrrole nitrogens is 1. The first-order chi connectivity index (χ1) is 18.5. The summed E-state index contributed by atoms with van der Waals surface area (Å²) in [6.45, 7) is 2.55. The highest BCUT2D eigenvalue weighted by Crippen LogP contribution is 2.46.